The highest BCUT2D eigenvalue weighted by Crippen LogP contribution is 2.25. The van der Waals surface area contributed by atoms with Gasteiger partial charge in [0, 0.05) is 12.2 Å². The minimum Gasteiger partial charge on any atom is -0.490 e. The van der Waals surface area contributed by atoms with E-state index in [1.807, 2.05) is 24.3 Å². The van der Waals surface area contributed by atoms with E-state index in [1.165, 1.54) is 31.2 Å². The van der Waals surface area contributed by atoms with E-state index in [0.29, 0.717) is 17.1 Å². The Hall–Kier alpha value is -2.07. The molecule has 1 aliphatic carbocycles. The highest BCUT2D eigenvalue weighted by atomic mass is 32.1. The summed E-state index contributed by atoms with van der Waals surface area (Å²) in [6.45, 7) is 3.11. The molecule has 2 aromatic rings. The number of rotatable bonds is 8. The third kappa shape index (κ3) is 6.55. The normalized spacial score (nSPS) is 15.3. The molecular weight excluding hydrogens is 352 g/mol. The van der Waals surface area contributed by atoms with Crippen LogP contribution < -0.4 is 15.4 Å². The van der Waals surface area contributed by atoms with Gasteiger partial charge in [-0.3, -0.25) is 0 Å². The summed E-state index contributed by atoms with van der Waals surface area (Å²) in [5.74, 6) is 1.51. The number of hydrogen-bond acceptors (Lipinski definition) is 2. The molecule has 0 saturated heterocycles. The molecule has 4 heteroatoms. The van der Waals surface area contributed by atoms with Crippen molar-refractivity contribution in [3.05, 3.63) is 60.2 Å². The number of hydrogen-bond donors (Lipinski definition) is 2. The lowest BCUT2D eigenvalue weighted by Crippen LogP contribution is -2.33. The molecule has 27 heavy (non-hydrogen) atoms. The van der Waals surface area contributed by atoms with Crippen LogP contribution in [0.2, 0.25) is 0 Å². The van der Waals surface area contributed by atoms with Crippen molar-refractivity contribution >= 4 is 23.0 Å². The maximum atomic E-state index is 6.01. The van der Waals surface area contributed by atoms with Crippen LogP contribution in [0.4, 0.5) is 5.69 Å². The van der Waals surface area contributed by atoms with E-state index in [1.54, 1.807) is 0 Å². The lowest BCUT2D eigenvalue weighted by molar-refractivity contribution is 0.210. The maximum Gasteiger partial charge on any atom is 0.170 e. The van der Waals surface area contributed by atoms with Crippen molar-refractivity contribution in [1.29, 1.82) is 0 Å². The van der Waals surface area contributed by atoms with E-state index in [2.05, 4.69) is 47.9 Å². The molecule has 1 saturated carbocycles. The summed E-state index contributed by atoms with van der Waals surface area (Å²) in [4.78, 5) is 0. The fraction of sp³-hybridized carbons (Fsp3) is 0.435. The molecule has 0 amide bonds. The molecule has 144 valence electrons. The molecule has 1 atom stereocenters. The van der Waals surface area contributed by atoms with E-state index in [0.717, 1.165) is 30.8 Å². The molecule has 0 spiro atoms. The summed E-state index contributed by atoms with van der Waals surface area (Å²) in [6, 6.07) is 18.7. The maximum absolute atomic E-state index is 6.01. The van der Waals surface area contributed by atoms with Crippen LogP contribution in [0.3, 0.4) is 0 Å². The van der Waals surface area contributed by atoms with Crippen molar-refractivity contribution in [2.45, 2.75) is 51.6 Å². The van der Waals surface area contributed by atoms with Gasteiger partial charge in [0.05, 0.1) is 6.10 Å². The fourth-order valence-electron chi connectivity index (χ4n) is 3.54. The van der Waals surface area contributed by atoms with E-state index >= 15 is 0 Å². The van der Waals surface area contributed by atoms with Crippen LogP contribution in [0.1, 0.15) is 44.6 Å². The second-order valence-electron chi connectivity index (χ2n) is 7.35. The molecule has 0 radical (unpaired) electrons. The van der Waals surface area contributed by atoms with Crippen molar-refractivity contribution < 1.29 is 4.74 Å². The van der Waals surface area contributed by atoms with Crippen LogP contribution >= 0.6 is 12.2 Å². The monoisotopic (exact) mass is 382 g/mol. The molecule has 0 aromatic heterocycles. The SMILES string of the molecule is CC[C@H](CNC(=S)Nc1ccc(OC2CCCC2)cc1)Cc1ccccc1. The van der Waals surface area contributed by atoms with Gasteiger partial charge in [0.15, 0.2) is 5.11 Å². The van der Waals surface area contributed by atoms with Crippen molar-refractivity contribution in [3.63, 3.8) is 0 Å². The number of nitrogens with one attached hydrogen (secondary N) is 2. The van der Waals surface area contributed by atoms with Crippen LogP contribution in [-0.4, -0.2) is 17.8 Å². The molecule has 3 nitrogen and oxygen atoms in total. The second kappa shape index (κ2) is 10.3. The van der Waals surface area contributed by atoms with Crippen LogP contribution in [0, 0.1) is 5.92 Å². The summed E-state index contributed by atoms with van der Waals surface area (Å²) < 4.78 is 6.01. The van der Waals surface area contributed by atoms with E-state index in [4.69, 9.17) is 17.0 Å². The summed E-state index contributed by atoms with van der Waals surface area (Å²) >= 11 is 5.46. The number of anilines is 1. The molecule has 1 aliphatic rings. The van der Waals surface area contributed by atoms with Gasteiger partial charge in [-0.25, -0.2) is 0 Å². The van der Waals surface area contributed by atoms with Crippen LogP contribution in [-0.2, 0) is 6.42 Å². The standard InChI is InChI=1S/C23H30N2OS/c1-2-18(16-19-8-4-3-5-9-19)17-24-23(27)25-20-12-14-22(15-13-20)26-21-10-6-7-11-21/h3-5,8-9,12-15,18,21H,2,6-7,10-11,16-17H2,1H3,(H2,24,25,27)/t18-/m0/s1. The van der Waals surface area contributed by atoms with E-state index in [9.17, 15) is 0 Å². The summed E-state index contributed by atoms with van der Waals surface area (Å²) in [7, 11) is 0. The predicted molar refractivity (Wildman–Crippen MR) is 117 cm³/mol. The van der Waals surface area contributed by atoms with E-state index in [-0.39, 0.29) is 0 Å². The van der Waals surface area contributed by atoms with Crippen molar-refractivity contribution in [2.24, 2.45) is 5.92 Å². The minimum absolute atomic E-state index is 0.391. The Balaban J connectivity index is 1.42. The topological polar surface area (TPSA) is 33.3 Å². The molecule has 2 N–H and O–H groups in total. The molecule has 3 rings (SSSR count). The summed E-state index contributed by atoms with van der Waals surface area (Å²) in [5, 5.41) is 7.31. The third-order valence-corrected chi connectivity index (χ3v) is 5.46. The van der Waals surface area contributed by atoms with Crippen molar-refractivity contribution in [3.8, 4) is 5.75 Å². The summed E-state index contributed by atoms with van der Waals surface area (Å²) in [6.07, 6.45) is 7.51. The molecule has 0 unspecified atom stereocenters. The van der Waals surface area contributed by atoms with Crippen LogP contribution in [0.5, 0.6) is 5.75 Å². The molecule has 0 bridgehead atoms. The average Bonchev–Trinajstić information content (AvgIpc) is 3.20. The Kier molecular flexibility index (Phi) is 7.52. The first-order valence-electron chi connectivity index (χ1n) is 10.1. The number of benzene rings is 2. The molecule has 1 fully saturated rings. The first-order chi connectivity index (χ1) is 13.2. The smallest absolute Gasteiger partial charge is 0.170 e. The lowest BCUT2D eigenvalue weighted by atomic mass is 9.97. The van der Waals surface area contributed by atoms with E-state index < -0.39 is 0 Å². The molecule has 0 aliphatic heterocycles. The second-order valence-corrected chi connectivity index (χ2v) is 7.76. The van der Waals surface area contributed by atoms with Gasteiger partial charge < -0.3 is 15.4 Å². The fourth-order valence-corrected chi connectivity index (χ4v) is 3.74. The highest BCUT2D eigenvalue weighted by molar-refractivity contribution is 7.80. The average molecular weight is 383 g/mol. The Labute approximate surface area is 168 Å². The van der Waals surface area contributed by atoms with Gasteiger partial charge in [-0.1, -0.05) is 43.7 Å². The number of ether oxygens (including phenoxy) is 1. The Bertz CT molecular complexity index is 696. The quantitative estimate of drug-likeness (QED) is 0.585. The first kappa shape index (κ1) is 19.7. The largest absolute Gasteiger partial charge is 0.490 e. The van der Waals surface area contributed by atoms with Crippen LogP contribution in [0.25, 0.3) is 0 Å². The number of thiocarbonyl (C=S) groups is 1. The molecule has 0 heterocycles. The summed E-state index contributed by atoms with van der Waals surface area (Å²) in [5.41, 5.74) is 2.37. The predicted octanol–water partition coefficient (Wildman–Crippen LogP) is 5.56. The van der Waals surface area contributed by atoms with Gasteiger partial charge in [-0.15, -0.1) is 0 Å². The zero-order valence-electron chi connectivity index (χ0n) is 16.1. The molecule has 2 aromatic carbocycles. The first-order valence-corrected chi connectivity index (χ1v) is 10.5. The van der Waals surface area contributed by atoms with Gasteiger partial charge in [0.25, 0.3) is 0 Å². The van der Waals surface area contributed by atoms with Crippen molar-refractivity contribution in [2.75, 3.05) is 11.9 Å². The third-order valence-electron chi connectivity index (χ3n) is 5.21. The molecular formula is C23H30N2OS. The van der Waals surface area contributed by atoms with Gasteiger partial charge in [-0.05, 0) is 80.1 Å². The van der Waals surface area contributed by atoms with Crippen molar-refractivity contribution in [1.82, 2.24) is 5.32 Å². The van der Waals surface area contributed by atoms with Gasteiger partial charge in [0.2, 0.25) is 0 Å². The Morgan fingerprint density at radius 1 is 1.07 bits per heavy atom. The zero-order chi connectivity index (χ0) is 18.9. The lowest BCUT2D eigenvalue weighted by Gasteiger charge is -2.18. The minimum atomic E-state index is 0.391. The van der Waals surface area contributed by atoms with Gasteiger partial charge in [0.1, 0.15) is 5.75 Å². The van der Waals surface area contributed by atoms with Gasteiger partial charge >= 0.3 is 0 Å². The van der Waals surface area contributed by atoms with Gasteiger partial charge in [-0.2, -0.15) is 0 Å². The highest BCUT2D eigenvalue weighted by Gasteiger charge is 2.16. The zero-order valence-corrected chi connectivity index (χ0v) is 16.9. The Morgan fingerprint density at radius 3 is 2.44 bits per heavy atom. The Morgan fingerprint density at radius 2 is 1.78 bits per heavy atom. The van der Waals surface area contributed by atoms with Crippen LogP contribution in [0.15, 0.2) is 54.6 Å².